The Morgan fingerprint density at radius 3 is 2.36 bits per heavy atom. The summed E-state index contributed by atoms with van der Waals surface area (Å²) in [4.78, 5) is 56.6. The Labute approximate surface area is 290 Å². The number of hydrogen-bond acceptors (Lipinski definition) is 7. The van der Waals surface area contributed by atoms with Gasteiger partial charge in [0, 0.05) is 53.4 Å². The van der Waals surface area contributed by atoms with Crippen LogP contribution in [0.4, 0.5) is 0 Å². The van der Waals surface area contributed by atoms with Crippen LogP contribution in [0.15, 0.2) is 108 Å². The van der Waals surface area contributed by atoms with Gasteiger partial charge >= 0.3 is 0 Å². The third-order valence-electron chi connectivity index (χ3n) is 9.91. The number of ketones is 1. The molecular weight excluding hydrogens is 632 g/mol. The maximum absolute atomic E-state index is 14.3. The number of Topliss-reactive ketones (excluding diaryl/α,β-unsaturated/α-hetero) is 1. The Balaban J connectivity index is 1.20. The highest BCUT2D eigenvalue weighted by Gasteiger charge is 2.51. The van der Waals surface area contributed by atoms with Gasteiger partial charge in [-0.05, 0) is 54.3 Å². The van der Waals surface area contributed by atoms with Crippen LogP contribution in [-0.4, -0.2) is 61.0 Å². The molecule has 252 valence electrons. The lowest BCUT2D eigenvalue weighted by Gasteiger charge is -2.45. The Morgan fingerprint density at radius 1 is 0.860 bits per heavy atom. The molecule has 1 fully saturated rings. The maximum Gasteiger partial charge on any atom is 0.289 e. The molecule has 7 rings (SSSR count). The Morgan fingerprint density at radius 2 is 1.62 bits per heavy atom. The fraction of sp³-hybridized carbons (Fsp3) is 0.220. The number of hydrogen-bond donors (Lipinski definition) is 0. The topological polar surface area (TPSA) is 106 Å². The van der Waals surface area contributed by atoms with E-state index < -0.39 is 5.54 Å². The molecule has 0 saturated carbocycles. The van der Waals surface area contributed by atoms with E-state index in [4.69, 9.17) is 13.9 Å². The molecule has 0 bridgehead atoms. The SMILES string of the molecule is COc1ccc(CN2C(=O)c3ccc(CC(=O)c4ccccc4C=O)cc3C23CCN(C(=O)c2ccc(-c4ccccc4)o2)CC3)c(OC)c1. The number of aldehydes is 1. The fourth-order valence-corrected chi connectivity index (χ4v) is 7.25. The first-order valence-electron chi connectivity index (χ1n) is 16.5. The molecule has 2 aliphatic heterocycles. The van der Waals surface area contributed by atoms with Gasteiger partial charge in [0.2, 0.25) is 0 Å². The fourth-order valence-electron chi connectivity index (χ4n) is 7.25. The standard InChI is InChI=1S/C41H36N2O7/c1-48-31-14-13-29(38(24-31)49-2)25-43-39(46)33-15-12-27(23-35(45)32-11-7-6-10-30(32)26-44)22-34(33)41(43)18-20-42(21-19-41)40(47)37-17-16-36(50-37)28-8-4-3-5-9-28/h3-17,22,24,26H,18-21,23,25H2,1-2H3. The summed E-state index contributed by atoms with van der Waals surface area (Å²) in [6.07, 6.45) is 1.72. The van der Waals surface area contributed by atoms with Gasteiger partial charge in [-0.15, -0.1) is 0 Å². The summed E-state index contributed by atoms with van der Waals surface area (Å²) in [5.41, 5.74) is 3.81. The zero-order valence-electron chi connectivity index (χ0n) is 27.9. The van der Waals surface area contributed by atoms with Crippen LogP contribution in [0, 0.1) is 0 Å². The average Bonchev–Trinajstić information content (AvgIpc) is 3.74. The lowest BCUT2D eigenvalue weighted by atomic mass is 9.79. The van der Waals surface area contributed by atoms with E-state index >= 15 is 0 Å². The molecule has 0 atom stereocenters. The van der Waals surface area contributed by atoms with E-state index in [1.54, 1.807) is 67.7 Å². The van der Waals surface area contributed by atoms with E-state index in [-0.39, 0.29) is 36.3 Å². The monoisotopic (exact) mass is 668 g/mol. The summed E-state index contributed by atoms with van der Waals surface area (Å²) in [5, 5.41) is 0. The quantitative estimate of drug-likeness (QED) is 0.117. The van der Waals surface area contributed by atoms with Crippen molar-refractivity contribution < 1.29 is 33.1 Å². The third-order valence-corrected chi connectivity index (χ3v) is 9.91. The molecule has 9 heteroatoms. The molecule has 1 spiro atoms. The highest BCUT2D eigenvalue weighted by molar-refractivity contribution is 6.04. The number of rotatable bonds is 10. The molecule has 0 aliphatic carbocycles. The number of methoxy groups -OCH3 is 2. The second-order valence-electron chi connectivity index (χ2n) is 12.6. The van der Waals surface area contributed by atoms with Crippen LogP contribution < -0.4 is 9.47 Å². The maximum atomic E-state index is 14.3. The summed E-state index contributed by atoms with van der Waals surface area (Å²) < 4.78 is 17.1. The van der Waals surface area contributed by atoms with Crippen LogP contribution in [0.2, 0.25) is 0 Å². The van der Waals surface area contributed by atoms with Gasteiger partial charge in [-0.1, -0.05) is 66.7 Å². The lowest BCUT2D eigenvalue weighted by molar-refractivity contribution is 0.0212. The first-order valence-corrected chi connectivity index (χ1v) is 16.5. The highest BCUT2D eigenvalue weighted by atomic mass is 16.5. The minimum atomic E-state index is -0.744. The van der Waals surface area contributed by atoms with Gasteiger partial charge in [0.15, 0.2) is 17.8 Å². The van der Waals surface area contributed by atoms with Crippen LogP contribution in [0.1, 0.15) is 71.2 Å². The second kappa shape index (κ2) is 13.5. The summed E-state index contributed by atoms with van der Waals surface area (Å²) in [6, 6.07) is 31.0. The van der Waals surface area contributed by atoms with Crippen molar-refractivity contribution in [2.24, 2.45) is 0 Å². The molecule has 9 nitrogen and oxygen atoms in total. The van der Waals surface area contributed by atoms with E-state index in [2.05, 4.69) is 0 Å². The van der Waals surface area contributed by atoms with Gasteiger partial charge < -0.3 is 23.7 Å². The predicted molar refractivity (Wildman–Crippen MR) is 187 cm³/mol. The van der Waals surface area contributed by atoms with Crippen LogP contribution in [0.5, 0.6) is 11.5 Å². The van der Waals surface area contributed by atoms with Crippen molar-refractivity contribution in [1.82, 2.24) is 9.80 Å². The predicted octanol–water partition coefficient (Wildman–Crippen LogP) is 6.99. The number of piperidine rings is 1. The number of carbonyl (C=O) groups is 4. The van der Waals surface area contributed by atoms with Crippen LogP contribution in [0.25, 0.3) is 11.3 Å². The minimum Gasteiger partial charge on any atom is -0.497 e. The lowest BCUT2D eigenvalue weighted by Crippen LogP contribution is -2.52. The van der Waals surface area contributed by atoms with E-state index in [0.29, 0.717) is 66.2 Å². The van der Waals surface area contributed by atoms with Gasteiger partial charge in [-0.2, -0.15) is 0 Å². The highest BCUT2D eigenvalue weighted by Crippen LogP contribution is 2.48. The molecule has 4 aromatic carbocycles. The van der Waals surface area contributed by atoms with Crippen LogP contribution in [-0.2, 0) is 18.5 Å². The van der Waals surface area contributed by atoms with Crippen LogP contribution in [0.3, 0.4) is 0 Å². The molecule has 2 aliphatic rings. The Kier molecular flexibility index (Phi) is 8.80. The Bertz CT molecular complexity index is 2090. The number of ether oxygens (including phenoxy) is 2. The van der Waals surface area contributed by atoms with Gasteiger partial charge in [-0.3, -0.25) is 19.2 Å². The molecule has 0 N–H and O–H groups in total. The van der Waals surface area contributed by atoms with Gasteiger partial charge in [-0.25, -0.2) is 0 Å². The zero-order chi connectivity index (χ0) is 34.8. The summed E-state index contributed by atoms with van der Waals surface area (Å²) in [6.45, 7) is 1.05. The van der Waals surface area contributed by atoms with Crippen molar-refractivity contribution in [1.29, 1.82) is 0 Å². The minimum absolute atomic E-state index is 0.0710. The first kappa shape index (κ1) is 32.6. The van der Waals surface area contributed by atoms with E-state index in [1.165, 1.54) is 0 Å². The van der Waals surface area contributed by atoms with Gasteiger partial charge in [0.1, 0.15) is 17.3 Å². The Hall–Kier alpha value is -5.96. The average molecular weight is 669 g/mol. The van der Waals surface area contributed by atoms with Crippen molar-refractivity contribution in [3.8, 4) is 22.8 Å². The van der Waals surface area contributed by atoms with E-state index in [0.717, 1.165) is 22.3 Å². The molecule has 0 unspecified atom stereocenters. The molecule has 2 amide bonds. The number of fused-ring (bicyclic) bond motifs is 2. The largest absolute Gasteiger partial charge is 0.497 e. The second-order valence-corrected chi connectivity index (χ2v) is 12.6. The molecule has 1 aromatic heterocycles. The first-order chi connectivity index (χ1) is 24.3. The smallest absolute Gasteiger partial charge is 0.289 e. The molecule has 1 saturated heterocycles. The number of amides is 2. The molecule has 5 aromatic rings. The zero-order valence-corrected chi connectivity index (χ0v) is 27.9. The molecule has 3 heterocycles. The van der Waals surface area contributed by atoms with Gasteiger partial charge in [0.25, 0.3) is 11.8 Å². The number of furan rings is 1. The van der Waals surface area contributed by atoms with Crippen molar-refractivity contribution in [2.45, 2.75) is 31.3 Å². The summed E-state index contributed by atoms with van der Waals surface area (Å²) >= 11 is 0. The van der Waals surface area contributed by atoms with Crippen molar-refractivity contribution in [3.63, 3.8) is 0 Å². The van der Waals surface area contributed by atoms with Crippen molar-refractivity contribution in [2.75, 3.05) is 27.3 Å². The van der Waals surface area contributed by atoms with E-state index in [1.807, 2.05) is 59.5 Å². The third kappa shape index (κ3) is 5.85. The summed E-state index contributed by atoms with van der Waals surface area (Å²) in [7, 11) is 3.17. The normalized spacial score (nSPS) is 14.8. The molecular formula is C41H36N2O7. The number of nitrogens with zero attached hydrogens (tertiary/aromatic N) is 2. The van der Waals surface area contributed by atoms with Crippen molar-refractivity contribution >= 4 is 23.9 Å². The van der Waals surface area contributed by atoms with E-state index in [9.17, 15) is 19.2 Å². The summed E-state index contributed by atoms with van der Waals surface area (Å²) in [5.74, 6) is 1.61. The molecule has 0 radical (unpaired) electrons. The number of benzene rings is 4. The van der Waals surface area contributed by atoms with Gasteiger partial charge in [0.05, 0.1) is 26.3 Å². The number of carbonyl (C=O) groups excluding carboxylic acids is 4. The van der Waals surface area contributed by atoms with Crippen molar-refractivity contribution in [3.05, 3.63) is 142 Å². The number of likely N-dealkylation sites (tertiary alicyclic amines) is 1. The molecule has 50 heavy (non-hydrogen) atoms. The van der Waals surface area contributed by atoms with Crippen LogP contribution >= 0.6 is 0 Å².